The number of nitrogens with one attached hydrogen (secondary N) is 1. The van der Waals surface area contributed by atoms with Gasteiger partial charge in [-0.1, -0.05) is 30.3 Å². The Hall–Kier alpha value is -2.28. The van der Waals surface area contributed by atoms with Crippen LogP contribution in [0.4, 0.5) is 9.59 Å². The highest BCUT2D eigenvalue weighted by molar-refractivity contribution is 5.68. The largest absolute Gasteiger partial charge is 0.465 e. The summed E-state index contributed by atoms with van der Waals surface area (Å²) in [5.41, 5.74) is 0.924. The molecule has 2 amide bonds. The molecule has 2 atom stereocenters. The molecule has 23 heavy (non-hydrogen) atoms. The molecule has 1 aromatic rings. The Morgan fingerprint density at radius 1 is 1.35 bits per heavy atom. The first kappa shape index (κ1) is 17.1. The molecule has 1 aliphatic heterocycles. The van der Waals surface area contributed by atoms with E-state index in [0.29, 0.717) is 19.5 Å². The van der Waals surface area contributed by atoms with E-state index >= 15 is 0 Å². The van der Waals surface area contributed by atoms with Crippen LogP contribution >= 0.6 is 0 Å². The van der Waals surface area contributed by atoms with Gasteiger partial charge < -0.3 is 25.0 Å². The molecule has 0 saturated carbocycles. The third-order valence-electron chi connectivity index (χ3n) is 4.03. The smallest absolute Gasteiger partial charge is 0.407 e. The molecule has 126 valence electrons. The maximum Gasteiger partial charge on any atom is 0.407 e. The fraction of sp³-hybridized carbons (Fsp3) is 0.500. The molecule has 0 aromatic heterocycles. The normalized spacial score (nSPS) is 21.1. The van der Waals surface area contributed by atoms with Crippen LogP contribution in [0.3, 0.4) is 0 Å². The number of piperidine rings is 1. The number of nitrogens with zero attached hydrogens (tertiary/aromatic N) is 2. The van der Waals surface area contributed by atoms with Crippen LogP contribution in [0.2, 0.25) is 0 Å². The maximum absolute atomic E-state index is 12.0. The molecule has 0 aliphatic carbocycles. The predicted molar refractivity (Wildman–Crippen MR) is 85.2 cm³/mol. The Morgan fingerprint density at radius 3 is 2.65 bits per heavy atom. The van der Waals surface area contributed by atoms with Gasteiger partial charge in [0.15, 0.2) is 0 Å². The van der Waals surface area contributed by atoms with Crippen LogP contribution in [0.1, 0.15) is 12.0 Å². The Bertz CT molecular complexity index is 535. The zero-order valence-corrected chi connectivity index (χ0v) is 13.4. The first-order valence-corrected chi connectivity index (χ1v) is 7.59. The van der Waals surface area contributed by atoms with Crippen molar-refractivity contribution in [1.29, 1.82) is 0 Å². The van der Waals surface area contributed by atoms with E-state index < -0.39 is 12.2 Å². The summed E-state index contributed by atoms with van der Waals surface area (Å²) >= 11 is 0. The van der Waals surface area contributed by atoms with E-state index in [1.807, 2.05) is 49.3 Å². The van der Waals surface area contributed by atoms with Crippen molar-refractivity contribution in [2.24, 2.45) is 0 Å². The summed E-state index contributed by atoms with van der Waals surface area (Å²) in [4.78, 5) is 26.4. The molecule has 0 spiro atoms. The number of ether oxygens (including phenoxy) is 1. The number of amides is 2. The van der Waals surface area contributed by atoms with Crippen LogP contribution in [0, 0.1) is 0 Å². The van der Waals surface area contributed by atoms with Gasteiger partial charge in [0, 0.05) is 19.1 Å². The Balaban J connectivity index is 1.87. The topological polar surface area (TPSA) is 82.1 Å². The predicted octanol–water partition coefficient (Wildman–Crippen LogP) is 1.60. The SMILES string of the molecule is CN(C)[C@@H]1CN(C(=O)O)CC[C@@H]1NC(=O)OCc1ccccc1. The van der Waals surface area contributed by atoms with Crippen molar-refractivity contribution in [2.75, 3.05) is 27.2 Å². The lowest BCUT2D eigenvalue weighted by Gasteiger charge is -2.40. The number of alkyl carbamates (subject to hydrolysis) is 1. The first-order valence-electron chi connectivity index (χ1n) is 7.59. The first-order chi connectivity index (χ1) is 11.0. The molecule has 0 radical (unpaired) electrons. The molecular formula is C16H23N3O4. The highest BCUT2D eigenvalue weighted by Crippen LogP contribution is 2.15. The van der Waals surface area contributed by atoms with Gasteiger partial charge in [0.05, 0.1) is 6.04 Å². The van der Waals surface area contributed by atoms with E-state index in [1.165, 1.54) is 4.90 Å². The van der Waals surface area contributed by atoms with Gasteiger partial charge in [-0.25, -0.2) is 9.59 Å². The van der Waals surface area contributed by atoms with Crippen molar-refractivity contribution < 1.29 is 19.4 Å². The number of carbonyl (C=O) groups is 2. The number of benzene rings is 1. The second-order valence-electron chi connectivity index (χ2n) is 5.86. The van der Waals surface area contributed by atoms with Crippen LogP contribution < -0.4 is 5.32 Å². The summed E-state index contributed by atoms with van der Waals surface area (Å²) in [7, 11) is 3.75. The Kier molecular flexibility index (Phi) is 5.81. The van der Waals surface area contributed by atoms with Crippen molar-refractivity contribution >= 4 is 12.2 Å². The second kappa shape index (κ2) is 7.82. The van der Waals surface area contributed by atoms with Crippen LogP contribution in [-0.4, -0.2) is 66.4 Å². The monoisotopic (exact) mass is 321 g/mol. The number of carbonyl (C=O) groups excluding carboxylic acids is 1. The molecule has 2 N–H and O–H groups in total. The average Bonchev–Trinajstić information content (AvgIpc) is 2.54. The lowest BCUT2D eigenvalue weighted by molar-refractivity contribution is 0.0800. The maximum atomic E-state index is 12.0. The molecule has 1 aliphatic rings. The van der Waals surface area contributed by atoms with Crippen LogP contribution in [0.15, 0.2) is 30.3 Å². The Morgan fingerprint density at radius 2 is 2.04 bits per heavy atom. The van der Waals surface area contributed by atoms with E-state index in [-0.39, 0.29) is 18.7 Å². The van der Waals surface area contributed by atoms with Crippen LogP contribution in [0.25, 0.3) is 0 Å². The molecule has 1 fully saturated rings. The minimum absolute atomic E-state index is 0.0795. The second-order valence-corrected chi connectivity index (χ2v) is 5.86. The van der Waals surface area contributed by atoms with E-state index in [9.17, 15) is 9.59 Å². The standard InChI is InChI=1S/C16H23N3O4/c1-18(2)14-10-19(16(21)22)9-8-13(14)17-15(20)23-11-12-6-4-3-5-7-12/h3-7,13-14H,8-11H2,1-2H3,(H,17,20)(H,21,22)/t13-,14+/m0/s1. The lowest BCUT2D eigenvalue weighted by atomic mass is 9.99. The van der Waals surface area contributed by atoms with Gasteiger partial charge in [0.25, 0.3) is 0 Å². The number of hydrogen-bond donors (Lipinski definition) is 2. The van der Waals surface area contributed by atoms with Crippen molar-refractivity contribution in [1.82, 2.24) is 15.1 Å². The number of rotatable bonds is 4. The van der Waals surface area contributed by atoms with Gasteiger partial charge in [0.2, 0.25) is 0 Å². The summed E-state index contributed by atoms with van der Waals surface area (Å²) in [6, 6.07) is 9.25. The minimum Gasteiger partial charge on any atom is -0.465 e. The van der Waals surface area contributed by atoms with Gasteiger partial charge in [-0.2, -0.15) is 0 Å². The zero-order chi connectivity index (χ0) is 16.8. The number of hydrogen-bond acceptors (Lipinski definition) is 4. The van der Waals surface area contributed by atoms with Crippen molar-refractivity contribution in [2.45, 2.75) is 25.1 Å². The number of likely N-dealkylation sites (tertiary alicyclic amines) is 1. The van der Waals surface area contributed by atoms with Gasteiger partial charge >= 0.3 is 12.2 Å². The summed E-state index contributed by atoms with van der Waals surface area (Å²) in [6.07, 6.45) is -0.841. The van der Waals surface area contributed by atoms with Gasteiger partial charge in [-0.15, -0.1) is 0 Å². The summed E-state index contributed by atoms with van der Waals surface area (Å²) < 4.78 is 5.23. The van der Waals surface area contributed by atoms with E-state index in [4.69, 9.17) is 9.84 Å². The molecule has 1 saturated heterocycles. The van der Waals surface area contributed by atoms with E-state index in [0.717, 1.165) is 5.56 Å². The van der Waals surface area contributed by atoms with Gasteiger partial charge in [0.1, 0.15) is 6.61 Å². The molecule has 1 heterocycles. The van der Waals surface area contributed by atoms with Crippen molar-refractivity contribution in [3.05, 3.63) is 35.9 Å². The molecule has 7 heteroatoms. The minimum atomic E-state index is -0.929. The van der Waals surface area contributed by atoms with E-state index in [2.05, 4.69) is 5.32 Å². The summed E-state index contributed by atoms with van der Waals surface area (Å²) in [6.45, 7) is 0.989. The van der Waals surface area contributed by atoms with Crippen LogP contribution in [-0.2, 0) is 11.3 Å². The highest BCUT2D eigenvalue weighted by atomic mass is 16.5. The third kappa shape index (κ3) is 4.85. The summed E-state index contributed by atoms with van der Waals surface area (Å²) in [5.74, 6) is 0. The Labute approximate surface area is 135 Å². The van der Waals surface area contributed by atoms with Crippen molar-refractivity contribution in [3.63, 3.8) is 0 Å². The average molecular weight is 321 g/mol. The molecule has 0 bridgehead atoms. The quantitative estimate of drug-likeness (QED) is 0.880. The fourth-order valence-electron chi connectivity index (χ4n) is 2.71. The fourth-order valence-corrected chi connectivity index (χ4v) is 2.71. The molecule has 7 nitrogen and oxygen atoms in total. The summed E-state index contributed by atoms with van der Waals surface area (Å²) in [5, 5.41) is 12.0. The highest BCUT2D eigenvalue weighted by Gasteiger charge is 2.33. The lowest BCUT2D eigenvalue weighted by Crippen LogP contribution is -2.59. The van der Waals surface area contributed by atoms with Crippen LogP contribution in [0.5, 0.6) is 0 Å². The third-order valence-corrected chi connectivity index (χ3v) is 4.03. The zero-order valence-electron chi connectivity index (χ0n) is 13.4. The van der Waals surface area contributed by atoms with E-state index in [1.54, 1.807) is 0 Å². The van der Waals surface area contributed by atoms with Gasteiger partial charge in [-0.05, 0) is 26.1 Å². The molecule has 2 rings (SSSR count). The number of likely N-dealkylation sites (N-methyl/N-ethyl adjacent to an activating group) is 1. The molecule has 1 aromatic carbocycles. The molecule has 0 unspecified atom stereocenters. The van der Waals surface area contributed by atoms with Crippen molar-refractivity contribution in [3.8, 4) is 0 Å². The van der Waals surface area contributed by atoms with Gasteiger partial charge in [-0.3, -0.25) is 0 Å². The molecular weight excluding hydrogens is 298 g/mol. The number of carboxylic acid groups (broad SMARTS) is 1.